The number of ether oxygens (including phenoxy) is 3. The summed E-state index contributed by atoms with van der Waals surface area (Å²) in [7, 11) is 1.42. The van der Waals surface area contributed by atoms with E-state index in [4.69, 9.17) is 14.2 Å². The molecule has 0 saturated carbocycles. The normalized spacial score (nSPS) is 28.3. The van der Waals surface area contributed by atoms with Gasteiger partial charge < -0.3 is 14.2 Å². The predicted octanol–water partition coefficient (Wildman–Crippen LogP) is 3.74. The number of hydrogen-bond donors (Lipinski definition) is 0. The smallest absolute Gasteiger partial charge is 0.324 e. The van der Waals surface area contributed by atoms with Gasteiger partial charge in [-0.15, -0.1) is 0 Å². The van der Waals surface area contributed by atoms with E-state index in [2.05, 4.69) is 41.9 Å². The van der Waals surface area contributed by atoms with Crippen molar-refractivity contribution in [3.05, 3.63) is 34.4 Å². The molecule has 3 rings (SSSR count). The Morgan fingerprint density at radius 1 is 1.48 bits per heavy atom. The zero-order chi connectivity index (χ0) is 16.6. The molecule has 1 spiro atoms. The Labute approximate surface area is 145 Å². The summed E-state index contributed by atoms with van der Waals surface area (Å²) in [5, 5.41) is 0. The molecule has 1 unspecified atom stereocenters. The monoisotopic (exact) mass is 382 g/mol. The molecule has 0 radical (unpaired) electrons. The molecule has 2 aliphatic rings. The first kappa shape index (κ1) is 16.9. The number of alkyl halides is 1. The third-order valence-electron chi connectivity index (χ3n) is 4.84. The largest absolute Gasteiger partial charge is 0.468 e. The summed E-state index contributed by atoms with van der Waals surface area (Å²) in [6.07, 6.45) is 1.95. The number of rotatable bonds is 2. The average molecular weight is 383 g/mol. The number of hydrogen-bond acceptors (Lipinski definition) is 4. The van der Waals surface area contributed by atoms with Crippen LogP contribution in [0.1, 0.15) is 52.8 Å². The molecule has 0 N–H and O–H groups in total. The second kappa shape index (κ2) is 6.54. The van der Waals surface area contributed by atoms with Crippen molar-refractivity contribution in [1.29, 1.82) is 0 Å². The maximum absolute atomic E-state index is 12.1. The van der Waals surface area contributed by atoms with Crippen LogP contribution < -0.4 is 0 Å². The fourth-order valence-corrected chi connectivity index (χ4v) is 4.30. The molecule has 1 saturated heterocycles. The van der Waals surface area contributed by atoms with E-state index in [1.165, 1.54) is 18.2 Å². The second-order valence-corrected chi connectivity index (χ2v) is 7.48. The van der Waals surface area contributed by atoms with E-state index >= 15 is 0 Å². The molecule has 3 atom stereocenters. The highest BCUT2D eigenvalue weighted by atomic mass is 79.9. The molecular weight excluding hydrogens is 360 g/mol. The van der Waals surface area contributed by atoms with Crippen molar-refractivity contribution < 1.29 is 19.0 Å². The Bertz CT molecular complexity index is 607. The summed E-state index contributed by atoms with van der Waals surface area (Å²) >= 11 is 3.52. The van der Waals surface area contributed by atoms with Crippen LogP contribution >= 0.6 is 15.9 Å². The first-order chi connectivity index (χ1) is 11.0. The average Bonchev–Trinajstić information content (AvgIpc) is 2.57. The fraction of sp³-hybridized carbons (Fsp3) is 0.611. The van der Waals surface area contributed by atoms with Gasteiger partial charge in [-0.25, -0.2) is 0 Å². The van der Waals surface area contributed by atoms with Gasteiger partial charge in [-0.3, -0.25) is 4.79 Å². The number of aryl methyl sites for hydroxylation is 1. The Morgan fingerprint density at radius 3 is 2.91 bits per heavy atom. The van der Waals surface area contributed by atoms with E-state index in [1.807, 2.05) is 0 Å². The summed E-state index contributed by atoms with van der Waals surface area (Å²) in [6.45, 7) is 6.22. The van der Waals surface area contributed by atoms with Crippen LogP contribution in [0.4, 0.5) is 0 Å². The Hall–Kier alpha value is -0.910. The number of halogens is 1. The first-order valence-electron chi connectivity index (χ1n) is 8.07. The fourth-order valence-electron chi connectivity index (χ4n) is 3.73. The first-order valence-corrected chi connectivity index (χ1v) is 8.98. The number of carbonyl (C=O) groups excluding carboxylic acids is 1. The van der Waals surface area contributed by atoms with Gasteiger partial charge in [0.2, 0.25) is 0 Å². The standard InChI is InChI=1S/C18H23BrO4/c1-11-7-13(16(19)17(20)21-3)15-12(2)9-23-18(14(15)8-11)5-4-6-22-10-18/h7-8,12,16H,4-6,9-10H2,1-3H3/t12-,16?,18+/m1/s1. The van der Waals surface area contributed by atoms with Crippen LogP contribution in [-0.2, 0) is 24.6 Å². The van der Waals surface area contributed by atoms with E-state index in [1.54, 1.807) is 0 Å². The molecule has 0 aromatic heterocycles. The molecule has 1 aromatic carbocycles. The zero-order valence-electron chi connectivity index (χ0n) is 13.9. The van der Waals surface area contributed by atoms with Crippen LogP contribution in [0.15, 0.2) is 12.1 Å². The number of fused-ring (bicyclic) bond motifs is 2. The molecule has 2 aliphatic heterocycles. The van der Waals surface area contributed by atoms with Crippen LogP contribution in [0.5, 0.6) is 0 Å². The summed E-state index contributed by atoms with van der Waals surface area (Å²) < 4.78 is 16.9. The summed E-state index contributed by atoms with van der Waals surface area (Å²) in [6, 6.07) is 4.27. The maximum Gasteiger partial charge on any atom is 0.324 e. The van der Waals surface area contributed by atoms with Crippen molar-refractivity contribution in [2.45, 2.75) is 43.0 Å². The van der Waals surface area contributed by atoms with Gasteiger partial charge in [0.15, 0.2) is 0 Å². The molecule has 1 fully saturated rings. The molecule has 0 aliphatic carbocycles. The summed E-state index contributed by atoms with van der Waals surface area (Å²) in [5.74, 6) is -0.0386. The third-order valence-corrected chi connectivity index (χ3v) is 5.70. The molecule has 4 nitrogen and oxygen atoms in total. The molecule has 0 amide bonds. The lowest BCUT2D eigenvalue weighted by Crippen LogP contribution is -2.44. The second-order valence-electron chi connectivity index (χ2n) is 6.56. The van der Waals surface area contributed by atoms with Crippen molar-refractivity contribution in [2.24, 2.45) is 0 Å². The lowest BCUT2D eigenvalue weighted by molar-refractivity contribution is -0.146. The molecule has 1 aromatic rings. The van der Waals surface area contributed by atoms with Crippen molar-refractivity contribution >= 4 is 21.9 Å². The van der Waals surface area contributed by atoms with Gasteiger partial charge in [-0.05, 0) is 36.5 Å². The number of esters is 1. The van der Waals surface area contributed by atoms with Gasteiger partial charge in [0.1, 0.15) is 10.4 Å². The molecule has 5 heteroatoms. The number of methoxy groups -OCH3 is 1. The van der Waals surface area contributed by atoms with Crippen LogP contribution in [0.3, 0.4) is 0 Å². The van der Waals surface area contributed by atoms with Crippen LogP contribution in [0.25, 0.3) is 0 Å². The Kier molecular flexibility index (Phi) is 4.81. The molecule has 126 valence electrons. The molecular formula is C18H23BrO4. The predicted molar refractivity (Wildman–Crippen MR) is 91.0 cm³/mol. The summed E-state index contributed by atoms with van der Waals surface area (Å²) in [5.41, 5.74) is 4.13. The van der Waals surface area contributed by atoms with Gasteiger partial charge in [-0.2, -0.15) is 0 Å². The highest BCUT2D eigenvalue weighted by Crippen LogP contribution is 2.47. The van der Waals surface area contributed by atoms with Gasteiger partial charge in [-0.1, -0.05) is 40.5 Å². The van der Waals surface area contributed by atoms with Crippen molar-refractivity contribution in [3.8, 4) is 0 Å². The van der Waals surface area contributed by atoms with Crippen molar-refractivity contribution in [2.75, 3.05) is 26.9 Å². The summed E-state index contributed by atoms with van der Waals surface area (Å²) in [4.78, 5) is 11.6. The lowest BCUT2D eigenvalue weighted by Gasteiger charge is -2.44. The van der Waals surface area contributed by atoms with E-state index in [-0.39, 0.29) is 17.5 Å². The topological polar surface area (TPSA) is 44.8 Å². The lowest BCUT2D eigenvalue weighted by atomic mass is 9.76. The van der Waals surface area contributed by atoms with Crippen LogP contribution in [-0.4, -0.2) is 32.9 Å². The number of benzene rings is 1. The third kappa shape index (κ3) is 2.94. The van der Waals surface area contributed by atoms with E-state index in [0.29, 0.717) is 13.2 Å². The maximum atomic E-state index is 12.1. The van der Waals surface area contributed by atoms with E-state index in [0.717, 1.165) is 30.6 Å². The van der Waals surface area contributed by atoms with E-state index < -0.39 is 4.83 Å². The minimum absolute atomic E-state index is 0.234. The van der Waals surface area contributed by atoms with Gasteiger partial charge >= 0.3 is 5.97 Å². The SMILES string of the molecule is COC(=O)C(Br)c1cc(C)cc2c1[C@H](C)CO[C@]21CCCOC1. The van der Waals surface area contributed by atoms with Crippen molar-refractivity contribution in [3.63, 3.8) is 0 Å². The van der Waals surface area contributed by atoms with Crippen molar-refractivity contribution in [1.82, 2.24) is 0 Å². The Balaban J connectivity index is 2.15. The zero-order valence-corrected chi connectivity index (χ0v) is 15.4. The van der Waals surface area contributed by atoms with Gasteiger partial charge in [0.25, 0.3) is 0 Å². The Morgan fingerprint density at radius 2 is 2.26 bits per heavy atom. The molecule has 0 bridgehead atoms. The van der Waals surface area contributed by atoms with Crippen LogP contribution in [0.2, 0.25) is 0 Å². The van der Waals surface area contributed by atoms with Gasteiger partial charge in [0, 0.05) is 12.5 Å². The molecule has 2 heterocycles. The van der Waals surface area contributed by atoms with E-state index in [9.17, 15) is 4.79 Å². The highest BCUT2D eigenvalue weighted by Gasteiger charge is 2.43. The minimum atomic E-state index is -0.455. The van der Waals surface area contributed by atoms with Crippen LogP contribution in [0, 0.1) is 6.92 Å². The number of carbonyl (C=O) groups is 1. The quantitative estimate of drug-likeness (QED) is 0.577. The molecule has 23 heavy (non-hydrogen) atoms. The van der Waals surface area contributed by atoms with Gasteiger partial charge in [0.05, 0.1) is 20.3 Å². The highest BCUT2D eigenvalue weighted by molar-refractivity contribution is 9.09. The minimum Gasteiger partial charge on any atom is -0.468 e.